The number of nitrogens with zero attached hydrogens (tertiary/aromatic N) is 1. The Morgan fingerprint density at radius 3 is 2.45 bits per heavy atom. The molecule has 2 rings (SSSR count). The predicted octanol–water partition coefficient (Wildman–Crippen LogP) is 6.02. The molecule has 1 aliphatic heterocycles. The lowest BCUT2D eigenvalue weighted by atomic mass is 9.85. The van der Waals surface area contributed by atoms with Crippen LogP contribution in [0.25, 0.3) is 0 Å². The van der Waals surface area contributed by atoms with E-state index >= 15 is 0 Å². The van der Waals surface area contributed by atoms with Crippen molar-refractivity contribution >= 4 is 18.3 Å². The van der Waals surface area contributed by atoms with Crippen molar-refractivity contribution in [3.8, 4) is 0 Å². The molecule has 0 fully saturated rings. The van der Waals surface area contributed by atoms with Crippen molar-refractivity contribution in [1.29, 1.82) is 0 Å². The molecule has 2 unspecified atom stereocenters. The molecular weight excluding hydrogens is 262 g/mol. The van der Waals surface area contributed by atoms with E-state index in [1.54, 1.807) is 0 Å². The first-order valence-electron chi connectivity index (χ1n) is 7.73. The van der Waals surface area contributed by atoms with E-state index in [9.17, 15) is 0 Å². The van der Waals surface area contributed by atoms with Gasteiger partial charge in [0.05, 0.1) is 0 Å². The summed E-state index contributed by atoms with van der Waals surface area (Å²) in [7, 11) is 0. The molecule has 2 heteroatoms. The Morgan fingerprint density at radius 1 is 1.35 bits per heavy atom. The number of hydrogen-bond acceptors (Lipinski definition) is 2. The van der Waals surface area contributed by atoms with Gasteiger partial charge in [0.2, 0.25) is 0 Å². The molecule has 0 spiro atoms. The van der Waals surface area contributed by atoms with Gasteiger partial charge in [-0.2, -0.15) is 0 Å². The second kappa shape index (κ2) is 7.78. The largest absolute Gasteiger partial charge is 0.343 e. The maximum absolute atomic E-state index is 4.44. The Hall–Kier alpha value is -0.890. The van der Waals surface area contributed by atoms with Crippen molar-refractivity contribution in [2.75, 3.05) is 4.90 Å². The summed E-state index contributed by atoms with van der Waals surface area (Å²) in [5.74, 6) is 0.609. The number of rotatable bonds is 2. The second-order valence-corrected chi connectivity index (χ2v) is 6.27. The first-order chi connectivity index (χ1) is 9.46. The van der Waals surface area contributed by atoms with E-state index in [-0.39, 0.29) is 0 Å². The maximum Gasteiger partial charge on any atom is 0.0446 e. The summed E-state index contributed by atoms with van der Waals surface area (Å²) >= 11 is 4.44. The summed E-state index contributed by atoms with van der Waals surface area (Å²) in [6, 6.07) is 7.04. The molecule has 0 aliphatic carbocycles. The highest BCUT2D eigenvalue weighted by molar-refractivity contribution is 7.80. The van der Waals surface area contributed by atoms with Crippen LogP contribution in [0.4, 0.5) is 5.69 Å². The molecule has 1 nitrogen and oxygen atoms in total. The number of anilines is 1. The minimum atomic E-state index is 0.584. The van der Waals surface area contributed by atoms with Crippen molar-refractivity contribution < 1.29 is 0 Å². The van der Waals surface area contributed by atoms with Crippen LogP contribution in [0.1, 0.15) is 65.4 Å². The summed E-state index contributed by atoms with van der Waals surface area (Å²) in [5, 5.41) is 0. The molecule has 1 aromatic carbocycles. The molecule has 1 heterocycles. The maximum atomic E-state index is 4.44. The molecule has 1 aromatic rings. The van der Waals surface area contributed by atoms with Gasteiger partial charge in [0, 0.05) is 22.3 Å². The van der Waals surface area contributed by atoms with Gasteiger partial charge in [-0.3, -0.25) is 0 Å². The lowest BCUT2D eigenvalue weighted by molar-refractivity contribution is 0.493. The Balaban J connectivity index is 0.000000612. The normalized spacial score (nSPS) is 20.8. The van der Waals surface area contributed by atoms with Gasteiger partial charge in [0.15, 0.2) is 0 Å². The van der Waals surface area contributed by atoms with Crippen LogP contribution < -0.4 is 4.90 Å². The molecule has 0 saturated carbocycles. The Labute approximate surface area is 130 Å². The van der Waals surface area contributed by atoms with Gasteiger partial charge in [0.25, 0.3) is 0 Å². The summed E-state index contributed by atoms with van der Waals surface area (Å²) in [6.45, 7) is 15.0. The third-order valence-electron chi connectivity index (χ3n) is 3.67. The minimum absolute atomic E-state index is 0.584. The van der Waals surface area contributed by atoms with Gasteiger partial charge in [-0.05, 0) is 49.4 Å². The molecule has 0 N–H and O–H groups in total. The monoisotopic (exact) mass is 291 g/mol. The van der Waals surface area contributed by atoms with Gasteiger partial charge in [-0.15, -0.1) is 12.6 Å². The molecule has 0 aromatic heterocycles. The third kappa shape index (κ3) is 3.82. The highest BCUT2D eigenvalue weighted by atomic mass is 32.1. The molecule has 0 saturated heterocycles. The lowest BCUT2D eigenvalue weighted by Gasteiger charge is -2.41. The Kier molecular flexibility index (Phi) is 6.67. The number of thiol groups is 1. The number of allylic oxidation sites excluding steroid dienone is 1. The van der Waals surface area contributed by atoms with Crippen LogP contribution in [0, 0.1) is 0 Å². The van der Waals surface area contributed by atoms with Crippen LogP contribution in [0.5, 0.6) is 0 Å². The fraction of sp³-hybridized carbons (Fsp3) is 0.556. The quantitative estimate of drug-likeness (QED) is 0.652. The van der Waals surface area contributed by atoms with Gasteiger partial charge in [0.1, 0.15) is 0 Å². The van der Waals surface area contributed by atoms with Gasteiger partial charge >= 0.3 is 0 Å². The predicted molar refractivity (Wildman–Crippen MR) is 94.1 cm³/mol. The zero-order valence-corrected chi connectivity index (χ0v) is 14.5. The van der Waals surface area contributed by atoms with Crippen LogP contribution in [-0.2, 0) is 0 Å². The van der Waals surface area contributed by atoms with Crippen molar-refractivity contribution in [3.63, 3.8) is 0 Å². The van der Waals surface area contributed by atoms with E-state index in [2.05, 4.69) is 76.9 Å². The highest BCUT2D eigenvalue weighted by Gasteiger charge is 2.29. The van der Waals surface area contributed by atoms with E-state index in [0.29, 0.717) is 12.0 Å². The highest BCUT2D eigenvalue weighted by Crippen LogP contribution is 2.41. The average Bonchev–Trinajstić information content (AvgIpc) is 2.39. The summed E-state index contributed by atoms with van der Waals surface area (Å²) in [5.41, 5.74) is 3.86. The summed E-state index contributed by atoms with van der Waals surface area (Å²) in [6.07, 6.45) is 3.62. The average molecular weight is 292 g/mol. The Bertz CT molecular complexity index is 453. The number of hydrogen-bond donors (Lipinski definition) is 1. The van der Waals surface area contributed by atoms with Crippen LogP contribution in [0.15, 0.2) is 35.4 Å². The fourth-order valence-electron chi connectivity index (χ4n) is 2.86. The number of fused-ring (bicyclic) bond motifs is 1. The molecule has 0 radical (unpaired) electrons. The second-order valence-electron chi connectivity index (χ2n) is 5.75. The first-order valence-corrected chi connectivity index (χ1v) is 8.18. The molecular formula is C18H29NS. The van der Waals surface area contributed by atoms with Crippen LogP contribution >= 0.6 is 12.6 Å². The lowest BCUT2D eigenvalue weighted by Crippen LogP contribution is -2.38. The van der Waals surface area contributed by atoms with E-state index in [4.69, 9.17) is 0 Å². The minimum Gasteiger partial charge on any atom is -0.343 e. The molecule has 112 valence electrons. The first kappa shape index (κ1) is 17.2. The summed E-state index contributed by atoms with van der Waals surface area (Å²) < 4.78 is 0. The van der Waals surface area contributed by atoms with Crippen LogP contribution in [0.3, 0.4) is 0 Å². The standard InChI is InChI=1S/C15H21NS.C3H8/c1-5-12-8-11(4)14-9-13(17)6-7-15(14)16(12)10(2)3;1-3-2/h6-7,9,11-12,17H,2,5,8H2,1,3-4H3;3H2,1-2H3. The molecule has 1 aliphatic rings. The van der Waals surface area contributed by atoms with Crippen molar-refractivity contribution in [2.24, 2.45) is 0 Å². The van der Waals surface area contributed by atoms with Crippen LogP contribution in [0.2, 0.25) is 0 Å². The van der Waals surface area contributed by atoms with Crippen molar-refractivity contribution in [3.05, 3.63) is 36.0 Å². The van der Waals surface area contributed by atoms with Crippen molar-refractivity contribution in [2.45, 2.75) is 70.7 Å². The smallest absolute Gasteiger partial charge is 0.0446 e. The van der Waals surface area contributed by atoms with Gasteiger partial charge < -0.3 is 4.90 Å². The Morgan fingerprint density at radius 2 is 1.95 bits per heavy atom. The van der Waals surface area contributed by atoms with E-state index in [0.717, 1.165) is 10.6 Å². The molecule has 0 amide bonds. The van der Waals surface area contributed by atoms with E-state index in [1.807, 2.05) is 0 Å². The zero-order valence-electron chi connectivity index (χ0n) is 13.6. The third-order valence-corrected chi connectivity index (χ3v) is 3.95. The fourth-order valence-corrected chi connectivity index (χ4v) is 3.07. The SMILES string of the molecule is C=C(C)N1c2ccc(S)cc2C(C)CC1CC.CCC. The number of benzene rings is 1. The summed E-state index contributed by atoms with van der Waals surface area (Å²) in [4.78, 5) is 3.44. The van der Waals surface area contributed by atoms with Crippen molar-refractivity contribution in [1.82, 2.24) is 0 Å². The molecule has 2 atom stereocenters. The topological polar surface area (TPSA) is 3.24 Å². The van der Waals surface area contributed by atoms with E-state index < -0.39 is 0 Å². The molecule has 20 heavy (non-hydrogen) atoms. The molecule has 0 bridgehead atoms. The van der Waals surface area contributed by atoms with Gasteiger partial charge in [-0.25, -0.2) is 0 Å². The van der Waals surface area contributed by atoms with Crippen LogP contribution in [-0.4, -0.2) is 6.04 Å². The van der Waals surface area contributed by atoms with E-state index in [1.165, 1.54) is 30.5 Å². The van der Waals surface area contributed by atoms with Gasteiger partial charge in [-0.1, -0.05) is 40.7 Å². The zero-order chi connectivity index (χ0) is 15.3.